The number of aromatic nitrogens is 2. The van der Waals surface area contributed by atoms with Gasteiger partial charge >= 0.3 is 0 Å². The van der Waals surface area contributed by atoms with Crippen LogP contribution in [-0.2, 0) is 0 Å². The Morgan fingerprint density at radius 1 is 1.00 bits per heavy atom. The summed E-state index contributed by atoms with van der Waals surface area (Å²) in [5, 5.41) is 3.41. The number of hydrogen-bond acceptors (Lipinski definition) is 4. The highest BCUT2D eigenvalue weighted by molar-refractivity contribution is 5.77. The van der Waals surface area contributed by atoms with E-state index in [1.165, 1.54) is 5.56 Å². The van der Waals surface area contributed by atoms with Gasteiger partial charge in [0.15, 0.2) is 5.82 Å². The summed E-state index contributed by atoms with van der Waals surface area (Å²) in [7, 11) is 0. The Bertz CT molecular complexity index is 800. The van der Waals surface area contributed by atoms with Gasteiger partial charge < -0.3 is 11.1 Å². The van der Waals surface area contributed by atoms with Crippen LogP contribution in [0.1, 0.15) is 12.0 Å². The molecule has 4 heteroatoms. The minimum absolute atomic E-state index is 0.662. The van der Waals surface area contributed by atoms with Crippen molar-refractivity contribution in [2.45, 2.75) is 13.3 Å². The molecule has 0 aliphatic carbocycles. The maximum atomic E-state index is 5.59. The highest BCUT2D eigenvalue weighted by atomic mass is 15.0. The summed E-state index contributed by atoms with van der Waals surface area (Å²) in [4.78, 5) is 9.39. The molecular weight excluding hydrogens is 296 g/mol. The lowest BCUT2D eigenvalue weighted by atomic mass is 10.0. The lowest BCUT2D eigenvalue weighted by Gasteiger charge is -2.14. The zero-order valence-electron chi connectivity index (χ0n) is 13.9. The molecule has 4 nitrogen and oxygen atoms in total. The van der Waals surface area contributed by atoms with E-state index >= 15 is 0 Å². The van der Waals surface area contributed by atoms with Gasteiger partial charge in [-0.25, -0.2) is 9.97 Å². The summed E-state index contributed by atoms with van der Waals surface area (Å²) in [5.41, 5.74) is 10.8. The first-order valence-electron chi connectivity index (χ1n) is 8.22. The van der Waals surface area contributed by atoms with E-state index in [4.69, 9.17) is 10.7 Å². The SMILES string of the molecule is Cc1ccccc1-c1nc(-c2ccccc2)ncc1NCCCN. The highest BCUT2D eigenvalue weighted by Crippen LogP contribution is 2.30. The third kappa shape index (κ3) is 3.60. The Hall–Kier alpha value is -2.72. The molecule has 0 atom stereocenters. The number of nitrogens with two attached hydrogens (primary N) is 1. The lowest BCUT2D eigenvalue weighted by Crippen LogP contribution is -2.10. The van der Waals surface area contributed by atoms with Crippen molar-refractivity contribution in [2.24, 2.45) is 5.73 Å². The number of nitrogens with zero attached hydrogens (tertiary/aromatic N) is 2. The molecule has 0 aliphatic heterocycles. The van der Waals surface area contributed by atoms with Gasteiger partial charge in [-0.15, -0.1) is 0 Å². The molecule has 3 rings (SSSR count). The molecule has 1 heterocycles. The fourth-order valence-electron chi connectivity index (χ4n) is 2.61. The van der Waals surface area contributed by atoms with Gasteiger partial charge in [-0.1, -0.05) is 54.6 Å². The van der Waals surface area contributed by atoms with Gasteiger partial charge in [0.2, 0.25) is 0 Å². The van der Waals surface area contributed by atoms with Crippen LogP contribution >= 0.6 is 0 Å². The second-order valence-corrected chi connectivity index (χ2v) is 5.71. The highest BCUT2D eigenvalue weighted by Gasteiger charge is 2.12. The largest absolute Gasteiger partial charge is 0.382 e. The molecule has 0 saturated heterocycles. The van der Waals surface area contributed by atoms with E-state index in [0.29, 0.717) is 6.54 Å². The Morgan fingerprint density at radius 3 is 2.50 bits per heavy atom. The molecule has 122 valence electrons. The molecule has 3 aromatic rings. The molecule has 24 heavy (non-hydrogen) atoms. The van der Waals surface area contributed by atoms with Gasteiger partial charge in [-0.3, -0.25) is 0 Å². The molecule has 3 N–H and O–H groups in total. The van der Waals surface area contributed by atoms with Crippen LogP contribution in [0.5, 0.6) is 0 Å². The third-order valence-electron chi connectivity index (χ3n) is 3.92. The smallest absolute Gasteiger partial charge is 0.159 e. The second kappa shape index (κ2) is 7.70. The summed E-state index contributed by atoms with van der Waals surface area (Å²) >= 11 is 0. The number of benzene rings is 2. The number of rotatable bonds is 6. The molecule has 0 amide bonds. The molecule has 2 aromatic carbocycles. The van der Waals surface area contributed by atoms with Crippen LogP contribution in [0, 0.1) is 6.92 Å². The molecule has 1 aromatic heterocycles. The molecule has 0 unspecified atom stereocenters. The van der Waals surface area contributed by atoms with Crippen molar-refractivity contribution in [1.29, 1.82) is 0 Å². The van der Waals surface area contributed by atoms with E-state index < -0.39 is 0 Å². The third-order valence-corrected chi connectivity index (χ3v) is 3.92. The van der Waals surface area contributed by atoms with Crippen molar-refractivity contribution in [1.82, 2.24) is 9.97 Å². The summed E-state index contributed by atoms with van der Waals surface area (Å²) < 4.78 is 0. The first kappa shape index (κ1) is 16.1. The van der Waals surface area contributed by atoms with Crippen LogP contribution in [-0.4, -0.2) is 23.1 Å². The van der Waals surface area contributed by atoms with Crippen molar-refractivity contribution >= 4 is 5.69 Å². The van der Waals surface area contributed by atoms with Crippen molar-refractivity contribution in [2.75, 3.05) is 18.4 Å². The predicted molar refractivity (Wildman–Crippen MR) is 99.8 cm³/mol. The number of hydrogen-bond donors (Lipinski definition) is 2. The van der Waals surface area contributed by atoms with E-state index in [2.05, 4.69) is 29.4 Å². The van der Waals surface area contributed by atoms with E-state index in [-0.39, 0.29) is 0 Å². The van der Waals surface area contributed by atoms with Crippen LogP contribution in [0.15, 0.2) is 60.8 Å². The predicted octanol–water partition coefficient (Wildman–Crippen LogP) is 3.88. The Labute approximate surface area is 142 Å². The number of anilines is 1. The van der Waals surface area contributed by atoms with Crippen molar-refractivity contribution < 1.29 is 0 Å². The van der Waals surface area contributed by atoms with Gasteiger partial charge in [-0.2, -0.15) is 0 Å². The standard InChI is InChI=1S/C20H22N4/c1-15-8-5-6-11-17(15)19-18(22-13-7-12-21)14-23-20(24-19)16-9-3-2-4-10-16/h2-6,8-11,14,22H,7,12-13,21H2,1H3. The number of nitrogens with one attached hydrogen (secondary N) is 1. The summed E-state index contributed by atoms with van der Waals surface area (Å²) in [6.45, 7) is 3.57. The van der Waals surface area contributed by atoms with Crippen molar-refractivity contribution in [3.63, 3.8) is 0 Å². The monoisotopic (exact) mass is 318 g/mol. The van der Waals surface area contributed by atoms with Crippen LogP contribution in [0.25, 0.3) is 22.6 Å². The van der Waals surface area contributed by atoms with Crippen LogP contribution in [0.2, 0.25) is 0 Å². The lowest BCUT2D eigenvalue weighted by molar-refractivity contribution is 0.873. The van der Waals surface area contributed by atoms with Crippen LogP contribution in [0.3, 0.4) is 0 Å². The van der Waals surface area contributed by atoms with E-state index in [0.717, 1.165) is 41.3 Å². The summed E-state index contributed by atoms with van der Waals surface area (Å²) in [5.74, 6) is 0.734. The van der Waals surface area contributed by atoms with Crippen LogP contribution in [0.4, 0.5) is 5.69 Å². The maximum absolute atomic E-state index is 5.59. The first-order valence-corrected chi connectivity index (χ1v) is 8.22. The minimum Gasteiger partial charge on any atom is -0.382 e. The van der Waals surface area contributed by atoms with E-state index in [9.17, 15) is 0 Å². The molecule has 0 bridgehead atoms. The zero-order valence-corrected chi connectivity index (χ0v) is 13.9. The molecule has 0 radical (unpaired) electrons. The quantitative estimate of drug-likeness (QED) is 0.677. The van der Waals surface area contributed by atoms with Crippen molar-refractivity contribution in [3.05, 3.63) is 66.4 Å². The van der Waals surface area contributed by atoms with Crippen molar-refractivity contribution in [3.8, 4) is 22.6 Å². The first-order chi connectivity index (χ1) is 11.8. The second-order valence-electron chi connectivity index (χ2n) is 5.71. The van der Waals surface area contributed by atoms with E-state index in [1.807, 2.05) is 48.7 Å². The summed E-state index contributed by atoms with van der Waals surface area (Å²) in [6.07, 6.45) is 2.78. The van der Waals surface area contributed by atoms with E-state index in [1.54, 1.807) is 0 Å². The molecule has 0 aliphatic rings. The van der Waals surface area contributed by atoms with Gasteiger partial charge in [0, 0.05) is 17.7 Å². The Morgan fingerprint density at radius 2 is 1.75 bits per heavy atom. The van der Waals surface area contributed by atoms with Gasteiger partial charge in [-0.05, 0) is 25.5 Å². The molecule has 0 saturated carbocycles. The fourth-order valence-corrected chi connectivity index (χ4v) is 2.61. The average molecular weight is 318 g/mol. The number of aryl methyl sites for hydroxylation is 1. The van der Waals surface area contributed by atoms with Gasteiger partial charge in [0.25, 0.3) is 0 Å². The van der Waals surface area contributed by atoms with Gasteiger partial charge in [0.1, 0.15) is 0 Å². The molecule has 0 spiro atoms. The average Bonchev–Trinajstić information content (AvgIpc) is 2.63. The zero-order chi connectivity index (χ0) is 16.8. The fraction of sp³-hybridized carbons (Fsp3) is 0.200. The molecular formula is C20H22N4. The Kier molecular flexibility index (Phi) is 5.18. The Balaban J connectivity index is 2.05. The topological polar surface area (TPSA) is 63.8 Å². The molecule has 0 fully saturated rings. The normalized spacial score (nSPS) is 10.6. The van der Waals surface area contributed by atoms with Crippen LogP contribution < -0.4 is 11.1 Å². The minimum atomic E-state index is 0.662. The van der Waals surface area contributed by atoms with Gasteiger partial charge in [0.05, 0.1) is 17.6 Å². The summed E-state index contributed by atoms with van der Waals surface area (Å²) in [6, 6.07) is 18.3. The maximum Gasteiger partial charge on any atom is 0.159 e.